The first-order valence-electron chi connectivity index (χ1n) is 8.03. The summed E-state index contributed by atoms with van der Waals surface area (Å²) in [7, 11) is 0. The van der Waals surface area contributed by atoms with Crippen LogP contribution in [-0.4, -0.2) is 49.7 Å². The van der Waals surface area contributed by atoms with Gasteiger partial charge in [0, 0.05) is 11.5 Å². The first kappa shape index (κ1) is 17.3. The van der Waals surface area contributed by atoms with Gasteiger partial charge in [-0.15, -0.1) is 0 Å². The zero-order valence-corrected chi connectivity index (χ0v) is 13.7. The molecule has 2 atom stereocenters. The number of esters is 1. The minimum atomic E-state index is -0.916. The Kier molecular flexibility index (Phi) is 5.53. The minimum Gasteiger partial charge on any atom is -0.491 e. The molecule has 0 aromatic heterocycles. The molecule has 0 radical (unpaired) electrons. The molecule has 25 heavy (non-hydrogen) atoms. The van der Waals surface area contributed by atoms with Crippen LogP contribution in [0.3, 0.4) is 0 Å². The number of hydrogen-bond acceptors (Lipinski definition) is 6. The van der Waals surface area contributed by atoms with Crippen molar-refractivity contribution in [3.63, 3.8) is 0 Å². The van der Waals surface area contributed by atoms with E-state index in [1.807, 2.05) is 36.4 Å². The summed E-state index contributed by atoms with van der Waals surface area (Å²) >= 11 is 0. The molecule has 6 heteroatoms. The number of epoxide rings is 1. The Morgan fingerprint density at radius 1 is 1.32 bits per heavy atom. The van der Waals surface area contributed by atoms with Gasteiger partial charge in [-0.25, -0.2) is 4.79 Å². The number of aliphatic hydroxyl groups is 1. The maximum atomic E-state index is 11.0. The lowest BCUT2D eigenvalue weighted by atomic mass is 10.1. The second-order valence-corrected chi connectivity index (χ2v) is 5.70. The highest BCUT2D eigenvalue weighted by Crippen LogP contribution is 2.29. The summed E-state index contributed by atoms with van der Waals surface area (Å²) in [4.78, 5) is 11.0. The molecule has 3 rings (SSSR count). The van der Waals surface area contributed by atoms with Gasteiger partial charge in [-0.05, 0) is 29.7 Å². The van der Waals surface area contributed by atoms with Crippen molar-refractivity contribution in [3.05, 3.63) is 49.1 Å². The van der Waals surface area contributed by atoms with Gasteiger partial charge in [-0.1, -0.05) is 18.7 Å². The van der Waals surface area contributed by atoms with E-state index in [0.717, 1.165) is 29.2 Å². The molecular weight excluding hydrogens is 324 g/mol. The van der Waals surface area contributed by atoms with Crippen molar-refractivity contribution >= 4 is 16.7 Å². The highest BCUT2D eigenvalue weighted by Gasteiger charge is 2.23. The molecule has 1 N–H and O–H groups in total. The average molecular weight is 344 g/mol. The fourth-order valence-corrected chi connectivity index (χ4v) is 2.27. The van der Waals surface area contributed by atoms with Crippen LogP contribution < -0.4 is 9.47 Å². The predicted octanol–water partition coefficient (Wildman–Crippen LogP) is 2.09. The van der Waals surface area contributed by atoms with Gasteiger partial charge < -0.3 is 24.1 Å². The van der Waals surface area contributed by atoms with E-state index in [4.69, 9.17) is 18.9 Å². The second-order valence-electron chi connectivity index (χ2n) is 5.70. The summed E-state index contributed by atoms with van der Waals surface area (Å²) < 4.78 is 21.3. The van der Waals surface area contributed by atoms with Gasteiger partial charge in [0.25, 0.3) is 0 Å². The van der Waals surface area contributed by atoms with Gasteiger partial charge in [-0.2, -0.15) is 0 Å². The number of rotatable bonds is 9. The molecule has 6 nitrogen and oxygen atoms in total. The zero-order chi connectivity index (χ0) is 17.6. The van der Waals surface area contributed by atoms with Crippen molar-refractivity contribution in [1.82, 2.24) is 0 Å². The molecule has 0 saturated carbocycles. The van der Waals surface area contributed by atoms with E-state index in [9.17, 15) is 9.90 Å². The molecular formula is C19H20O6. The number of carbonyl (C=O) groups is 1. The van der Waals surface area contributed by atoms with Gasteiger partial charge in [0.2, 0.25) is 0 Å². The molecule has 2 aromatic carbocycles. The molecule has 1 aliphatic heterocycles. The highest BCUT2D eigenvalue weighted by molar-refractivity contribution is 5.89. The fourth-order valence-electron chi connectivity index (χ4n) is 2.27. The third kappa shape index (κ3) is 4.95. The summed E-state index contributed by atoms with van der Waals surface area (Å²) in [6.07, 6.45) is 0.343. The Balaban J connectivity index is 1.60. The average Bonchev–Trinajstić information content (AvgIpc) is 3.46. The number of fused-ring (bicyclic) bond motifs is 1. The minimum absolute atomic E-state index is 0.0147. The lowest BCUT2D eigenvalue weighted by Crippen LogP contribution is -2.24. The van der Waals surface area contributed by atoms with E-state index in [0.29, 0.717) is 12.4 Å². The van der Waals surface area contributed by atoms with E-state index < -0.39 is 12.1 Å². The molecule has 1 aliphatic rings. The molecule has 1 heterocycles. The Labute approximate surface area is 145 Å². The van der Waals surface area contributed by atoms with E-state index in [-0.39, 0.29) is 19.3 Å². The van der Waals surface area contributed by atoms with Crippen LogP contribution in [0.5, 0.6) is 11.5 Å². The first-order chi connectivity index (χ1) is 12.2. The van der Waals surface area contributed by atoms with Crippen LogP contribution in [0.15, 0.2) is 49.1 Å². The molecule has 0 aliphatic carbocycles. The lowest BCUT2D eigenvalue weighted by molar-refractivity contribution is -0.141. The molecule has 1 saturated heterocycles. The number of ether oxygens (including phenoxy) is 4. The fraction of sp³-hybridized carbons (Fsp3) is 0.316. The van der Waals surface area contributed by atoms with Crippen LogP contribution >= 0.6 is 0 Å². The third-order valence-corrected chi connectivity index (χ3v) is 3.67. The van der Waals surface area contributed by atoms with Crippen LogP contribution in [0.2, 0.25) is 0 Å². The monoisotopic (exact) mass is 344 g/mol. The van der Waals surface area contributed by atoms with E-state index in [1.54, 1.807) is 0 Å². The molecule has 0 amide bonds. The summed E-state index contributed by atoms with van der Waals surface area (Å²) in [5, 5.41) is 11.7. The van der Waals surface area contributed by atoms with Crippen LogP contribution in [0.25, 0.3) is 10.8 Å². The number of hydrogen-bond donors (Lipinski definition) is 1. The maximum Gasteiger partial charge on any atom is 0.330 e. The van der Waals surface area contributed by atoms with Crippen molar-refractivity contribution < 1.29 is 28.8 Å². The zero-order valence-electron chi connectivity index (χ0n) is 13.7. The van der Waals surface area contributed by atoms with Gasteiger partial charge in [-0.3, -0.25) is 0 Å². The number of aliphatic hydroxyl groups excluding tert-OH is 1. The van der Waals surface area contributed by atoms with Crippen LogP contribution in [0, 0.1) is 0 Å². The molecule has 1 fully saturated rings. The lowest BCUT2D eigenvalue weighted by Gasteiger charge is -2.14. The van der Waals surface area contributed by atoms with Gasteiger partial charge in [0.1, 0.15) is 43.5 Å². The summed E-state index contributed by atoms with van der Waals surface area (Å²) in [6, 6.07) is 11.4. The topological polar surface area (TPSA) is 77.5 Å². The van der Waals surface area contributed by atoms with E-state index in [2.05, 4.69) is 6.58 Å². The smallest absolute Gasteiger partial charge is 0.330 e. The Morgan fingerprint density at radius 3 is 2.92 bits per heavy atom. The normalized spacial score (nSPS) is 16.9. The first-order valence-corrected chi connectivity index (χ1v) is 8.03. The van der Waals surface area contributed by atoms with Crippen molar-refractivity contribution in [2.75, 3.05) is 26.4 Å². The van der Waals surface area contributed by atoms with Crippen molar-refractivity contribution in [3.8, 4) is 11.5 Å². The van der Waals surface area contributed by atoms with Crippen molar-refractivity contribution in [2.24, 2.45) is 0 Å². The third-order valence-electron chi connectivity index (χ3n) is 3.67. The van der Waals surface area contributed by atoms with Crippen molar-refractivity contribution in [2.45, 2.75) is 12.2 Å². The predicted molar refractivity (Wildman–Crippen MR) is 91.8 cm³/mol. The van der Waals surface area contributed by atoms with Crippen molar-refractivity contribution in [1.29, 1.82) is 0 Å². The number of benzene rings is 2. The standard InChI is InChI=1S/C19H20O6/c1-2-19(21)25-10-14(20)9-24-18-5-3-4-13-8-15(6-7-17(13)18)22-11-16-12-23-16/h2-8,14,16,20H,1,9-12H2. The molecule has 132 valence electrons. The number of carbonyl (C=O) groups excluding carboxylic acids is 1. The van der Waals surface area contributed by atoms with Gasteiger partial charge in [0.15, 0.2) is 0 Å². The molecule has 2 aromatic rings. The molecule has 0 spiro atoms. The second kappa shape index (κ2) is 8.00. The highest BCUT2D eigenvalue weighted by atomic mass is 16.6. The quantitative estimate of drug-likeness (QED) is 0.426. The summed E-state index contributed by atoms with van der Waals surface area (Å²) in [5.41, 5.74) is 0. The van der Waals surface area contributed by atoms with Crippen LogP contribution in [0.1, 0.15) is 0 Å². The molecule has 0 bridgehead atoms. The Morgan fingerprint density at radius 2 is 2.16 bits per heavy atom. The van der Waals surface area contributed by atoms with E-state index >= 15 is 0 Å². The summed E-state index contributed by atoms with van der Waals surface area (Å²) in [6.45, 7) is 4.48. The van der Waals surface area contributed by atoms with Crippen LogP contribution in [-0.2, 0) is 14.3 Å². The maximum absolute atomic E-state index is 11.0. The Bertz CT molecular complexity index is 753. The van der Waals surface area contributed by atoms with Gasteiger partial charge in [0.05, 0.1) is 6.61 Å². The SMILES string of the molecule is C=CC(=O)OCC(O)COc1cccc2cc(OCC3CO3)ccc12. The van der Waals surface area contributed by atoms with E-state index in [1.165, 1.54) is 0 Å². The largest absolute Gasteiger partial charge is 0.491 e. The Hall–Kier alpha value is -2.57. The molecule has 2 unspecified atom stereocenters. The summed E-state index contributed by atoms with van der Waals surface area (Å²) in [5.74, 6) is 0.841. The van der Waals surface area contributed by atoms with Gasteiger partial charge >= 0.3 is 5.97 Å². The van der Waals surface area contributed by atoms with Crippen LogP contribution in [0.4, 0.5) is 0 Å².